The second kappa shape index (κ2) is 6.75. The molecule has 0 bridgehead atoms. The number of aromatic nitrogens is 2. The summed E-state index contributed by atoms with van der Waals surface area (Å²) in [6, 6.07) is 8.44. The van der Waals surface area contributed by atoms with E-state index in [0.717, 1.165) is 0 Å². The van der Waals surface area contributed by atoms with Crippen molar-refractivity contribution in [2.24, 2.45) is 10.7 Å². The quantitative estimate of drug-likeness (QED) is 0.878. The van der Waals surface area contributed by atoms with Gasteiger partial charge < -0.3 is 11.1 Å². The third kappa shape index (κ3) is 3.67. The molecule has 8 heteroatoms. The fraction of sp³-hybridized carbons (Fsp3) is 0.118. The zero-order valence-electron chi connectivity index (χ0n) is 13.3. The van der Waals surface area contributed by atoms with Crippen LogP contribution in [0.15, 0.2) is 53.1 Å². The number of rotatable bonds is 3. The molecule has 7 nitrogen and oxygen atoms in total. The van der Waals surface area contributed by atoms with E-state index in [0.29, 0.717) is 22.1 Å². The van der Waals surface area contributed by atoms with Gasteiger partial charge in [0.05, 0.1) is 11.3 Å². The maximum Gasteiger partial charge on any atom is 0.274 e. The Morgan fingerprint density at radius 2 is 2.20 bits per heavy atom. The maximum atomic E-state index is 12.3. The van der Waals surface area contributed by atoms with Crippen LogP contribution >= 0.6 is 11.8 Å². The van der Waals surface area contributed by atoms with E-state index in [4.69, 9.17) is 11.0 Å². The minimum atomic E-state index is -0.678. The number of aliphatic imine (C=N–C) groups is 1. The van der Waals surface area contributed by atoms with Gasteiger partial charge >= 0.3 is 0 Å². The molecule has 2 aromatic rings. The number of nitrogens with two attached hydrogens (primary N) is 1. The van der Waals surface area contributed by atoms with Crippen molar-refractivity contribution >= 4 is 28.5 Å². The van der Waals surface area contributed by atoms with Gasteiger partial charge in [0.2, 0.25) is 0 Å². The van der Waals surface area contributed by atoms with Crippen LogP contribution < -0.4 is 11.1 Å². The van der Waals surface area contributed by atoms with Crippen molar-refractivity contribution in [2.45, 2.75) is 12.5 Å². The number of hydrogen-bond donors (Lipinski definition) is 2. The molecule has 0 spiro atoms. The van der Waals surface area contributed by atoms with Crippen molar-refractivity contribution < 1.29 is 4.79 Å². The molecule has 124 valence electrons. The molecule has 25 heavy (non-hydrogen) atoms. The summed E-state index contributed by atoms with van der Waals surface area (Å²) in [5.74, 6) is -0.371. The van der Waals surface area contributed by atoms with Gasteiger partial charge in [0.1, 0.15) is 17.3 Å². The highest BCUT2D eigenvalue weighted by Crippen LogP contribution is 2.32. The summed E-state index contributed by atoms with van der Waals surface area (Å²) in [5.41, 5.74) is 6.98. The predicted octanol–water partition coefficient (Wildman–Crippen LogP) is 2.39. The number of carbonyl (C=O) groups is 1. The molecule has 1 aliphatic rings. The van der Waals surface area contributed by atoms with Crippen LogP contribution in [0.1, 0.15) is 28.7 Å². The van der Waals surface area contributed by atoms with E-state index in [1.54, 1.807) is 24.4 Å². The summed E-state index contributed by atoms with van der Waals surface area (Å²) in [7, 11) is 0. The SMILES string of the molecule is C[C@@]1(c2cc(NC(=O)c3ccc(C#N)cn3)ccn2)C=CSC(N)=N1. The van der Waals surface area contributed by atoms with Gasteiger partial charge in [-0.2, -0.15) is 5.26 Å². The Labute approximate surface area is 148 Å². The van der Waals surface area contributed by atoms with Gasteiger partial charge in [-0.1, -0.05) is 11.8 Å². The monoisotopic (exact) mass is 350 g/mol. The predicted molar refractivity (Wildman–Crippen MR) is 96.8 cm³/mol. The van der Waals surface area contributed by atoms with E-state index in [1.165, 1.54) is 24.0 Å². The number of thioether (sulfide) groups is 1. The number of amides is 1. The lowest BCUT2D eigenvalue weighted by atomic mass is 9.98. The Morgan fingerprint density at radius 3 is 2.88 bits per heavy atom. The Balaban J connectivity index is 1.82. The van der Waals surface area contributed by atoms with Gasteiger partial charge in [-0.05, 0) is 42.7 Å². The number of amidine groups is 1. The van der Waals surface area contributed by atoms with Crippen LogP contribution in [-0.2, 0) is 5.54 Å². The highest BCUT2D eigenvalue weighted by atomic mass is 32.2. The highest BCUT2D eigenvalue weighted by molar-refractivity contribution is 8.16. The first-order valence-corrected chi connectivity index (χ1v) is 8.22. The molecule has 0 unspecified atom stereocenters. The summed E-state index contributed by atoms with van der Waals surface area (Å²) in [6.07, 6.45) is 4.86. The average molecular weight is 350 g/mol. The largest absolute Gasteiger partial charge is 0.378 e. The zero-order chi connectivity index (χ0) is 17.9. The highest BCUT2D eigenvalue weighted by Gasteiger charge is 2.27. The lowest BCUT2D eigenvalue weighted by Gasteiger charge is -2.24. The molecule has 0 aromatic carbocycles. The molecule has 1 atom stereocenters. The number of nitrogens with zero attached hydrogens (tertiary/aromatic N) is 4. The molecule has 0 aliphatic carbocycles. The molecule has 0 saturated carbocycles. The van der Waals surface area contributed by atoms with Crippen LogP contribution in [0.5, 0.6) is 0 Å². The number of pyridine rings is 2. The number of anilines is 1. The first kappa shape index (κ1) is 16.7. The second-order valence-electron chi connectivity index (χ2n) is 5.45. The van der Waals surface area contributed by atoms with Gasteiger partial charge in [0.15, 0.2) is 5.17 Å². The topological polar surface area (TPSA) is 117 Å². The number of nitriles is 1. The van der Waals surface area contributed by atoms with Crippen LogP contribution in [0.2, 0.25) is 0 Å². The Hall–Kier alpha value is -3.18. The third-order valence-corrected chi connectivity index (χ3v) is 4.19. The van der Waals surface area contributed by atoms with Crippen molar-refractivity contribution in [3.05, 3.63) is 65.1 Å². The first-order valence-electron chi connectivity index (χ1n) is 7.34. The maximum absolute atomic E-state index is 12.3. The molecular weight excluding hydrogens is 336 g/mol. The van der Waals surface area contributed by atoms with E-state index in [2.05, 4.69) is 20.3 Å². The summed E-state index contributed by atoms with van der Waals surface area (Å²) < 4.78 is 0. The van der Waals surface area contributed by atoms with Crippen molar-refractivity contribution in [1.29, 1.82) is 5.26 Å². The van der Waals surface area contributed by atoms with E-state index < -0.39 is 5.54 Å². The molecule has 3 heterocycles. The van der Waals surface area contributed by atoms with Crippen molar-refractivity contribution in [3.63, 3.8) is 0 Å². The smallest absolute Gasteiger partial charge is 0.274 e. The molecule has 0 fully saturated rings. The Morgan fingerprint density at radius 1 is 1.36 bits per heavy atom. The first-order chi connectivity index (χ1) is 12.0. The molecular formula is C17H14N6OS. The van der Waals surface area contributed by atoms with Crippen LogP contribution in [0.25, 0.3) is 0 Å². The van der Waals surface area contributed by atoms with Crippen molar-refractivity contribution in [1.82, 2.24) is 9.97 Å². The van der Waals surface area contributed by atoms with Crippen LogP contribution in [0.3, 0.4) is 0 Å². The third-order valence-electron chi connectivity index (χ3n) is 3.59. The lowest BCUT2D eigenvalue weighted by Crippen LogP contribution is -2.25. The van der Waals surface area contributed by atoms with E-state index in [-0.39, 0.29) is 11.6 Å². The summed E-state index contributed by atoms with van der Waals surface area (Å²) >= 11 is 1.35. The van der Waals surface area contributed by atoms with E-state index in [1.807, 2.05) is 24.5 Å². The van der Waals surface area contributed by atoms with Gasteiger partial charge in [-0.15, -0.1) is 0 Å². The lowest BCUT2D eigenvalue weighted by molar-refractivity contribution is 0.102. The summed E-state index contributed by atoms with van der Waals surface area (Å²) in [5, 5.41) is 13.9. The number of hydrogen-bond acceptors (Lipinski definition) is 7. The van der Waals surface area contributed by atoms with Gasteiger partial charge in [0.25, 0.3) is 5.91 Å². The molecule has 0 radical (unpaired) electrons. The summed E-state index contributed by atoms with van der Waals surface area (Å²) in [6.45, 7) is 1.90. The van der Waals surface area contributed by atoms with Crippen LogP contribution in [-0.4, -0.2) is 21.0 Å². The molecule has 2 aromatic heterocycles. The number of nitrogens with one attached hydrogen (secondary N) is 1. The minimum absolute atomic E-state index is 0.222. The molecule has 0 saturated heterocycles. The molecule has 3 N–H and O–H groups in total. The molecule has 3 rings (SSSR count). The van der Waals surface area contributed by atoms with Gasteiger partial charge in [-0.25, -0.2) is 9.98 Å². The molecule has 1 amide bonds. The van der Waals surface area contributed by atoms with E-state index in [9.17, 15) is 4.79 Å². The van der Waals surface area contributed by atoms with Crippen molar-refractivity contribution in [2.75, 3.05) is 5.32 Å². The normalized spacial score (nSPS) is 19.0. The van der Waals surface area contributed by atoms with Crippen LogP contribution in [0, 0.1) is 11.3 Å². The minimum Gasteiger partial charge on any atom is -0.378 e. The average Bonchev–Trinajstić information content (AvgIpc) is 2.62. The Bertz CT molecular complexity index is 915. The van der Waals surface area contributed by atoms with Crippen LogP contribution in [0.4, 0.5) is 5.69 Å². The zero-order valence-corrected chi connectivity index (χ0v) is 14.1. The summed E-state index contributed by atoms with van der Waals surface area (Å²) in [4.78, 5) is 25.1. The molecule has 1 aliphatic heterocycles. The van der Waals surface area contributed by atoms with E-state index >= 15 is 0 Å². The fourth-order valence-corrected chi connectivity index (χ4v) is 2.96. The fourth-order valence-electron chi connectivity index (χ4n) is 2.25. The van der Waals surface area contributed by atoms with Gasteiger partial charge in [-0.3, -0.25) is 9.78 Å². The second-order valence-corrected chi connectivity index (χ2v) is 6.37. The number of carbonyl (C=O) groups excluding carboxylic acids is 1. The van der Waals surface area contributed by atoms with Gasteiger partial charge in [0, 0.05) is 18.1 Å². The van der Waals surface area contributed by atoms with Crippen molar-refractivity contribution in [3.8, 4) is 6.07 Å². The standard InChI is InChI=1S/C17H14N6OS/c1-17(5-7-25-16(19)23-17)14-8-12(4-6-20-14)22-15(24)13-3-2-11(9-18)10-21-13/h2-8,10H,1H3,(H2,19,23)(H,20,22,24)/t17-/m0/s1. The Kier molecular flexibility index (Phi) is 4.50.